The van der Waals surface area contributed by atoms with Crippen molar-refractivity contribution in [2.45, 2.75) is 37.9 Å². The van der Waals surface area contributed by atoms with Crippen molar-refractivity contribution < 1.29 is 23.1 Å². The molecule has 1 unspecified atom stereocenters. The van der Waals surface area contributed by atoms with E-state index in [2.05, 4.69) is 5.16 Å². The zero-order valence-corrected chi connectivity index (χ0v) is 15.9. The van der Waals surface area contributed by atoms with Gasteiger partial charge in [-0.25, -0.2) is 8.78 Å². The Labute approximate surface area is 167 Å². The van der Waals surface area contributed by atoms with Gasteiger partial charge < -0.3 is 14.5 Å². The SMILES string of the molecule is O=C(C1CC(Cc2ccc(F)cc2)=NO1)N1CCC(Oc2ccccc2F)CC1. The predicted molar refractivity (Wildman–Crippen MR) is 104 cm³/mol. The van der Waals surface area contributed by atoms with Crippen molar-refractivity contribution in [1.29, 1.82) is 0 Å². The van der Waals surface area contributed by atoms with Crippen LogP contribution in [0.4, 0.5) is 8.78 Å². The van der Waals surface area contributed by atoms with Crippen LogP contribution in [0.2, 0.25) is 0 Å². The molecule has 0 spiro atoms. The van der Waals surface area contributed by atoms with Crippen molar-refractivity contribution in [3.8, 4) is 5.75 Å². The highest BCUT2D eigenvalue weighted by molar-refractivity contribution is 5.94. The molecule has 2 aromatic rings. The molecule has 1 atom stereocenters. The lowest BCUT2D eigenvalue weighted by molar-refractivity contribution is -0.143. The largest absolute Gasteiger partial charge is 0.487 e. The third kappa shape index (κ3) is 4.72. The van der Waals surface area contributed by atoms with E-state index in [0.717, 1.165) is 11.3 Å². The van der Waals surface area contributed by atoms with Crippen LogP contribution in [0.5, 0.6) is 5.75 Å². The topological polar surface area (TPSA) is 51.1 Å². The van der Waals surface area contributed by atoms with Crippen LogP contribution < -0.4 is 4.74 Å². The fraction of sp³-hybridized carbons (Fsp3) is 0.364. The summed E-state index contributed by atoms with van der Waals surface area (Å²) in [5, 5.41) is 4.04. The van der Waals surface area contributed by atoms with Gasteiger partial charge in [0.25, 0.3) is 5.91 Å². The summed E-state index contributed by atoms with van der Waals surface area (Å²) in [6, 6.07) is 12.5. The standard InChI is InChI=1S/C22H22F2N2O3/c23-16-7-5-15(6-8-16)13-17-14-21(29-25-17)22(27)26-11-9-18(10-12-26)28-20-4-2-1-3-19(20)24/h1-8,18,21H,9-14H2. The molecule has 2 heterocycles. The molecule has 1 fully saturated rings. The van der Waals surface area contributed by atoms with E-state index >= 15 is 0 Å². The number of para-hydroxylation sites is 1. The Morgan fingerprint density at radius 2 is 1.83 bits per heavy atom. The Kier molecular flexibility index (Phi) is 5.74. The molecule has 7 heteroatoms. The summed E-state index contributed by atoms with van der Waals surface area (Å²) in [4.78, 5) is 19.8. The van der Waals surface area contributed by atoms with Crippen molar-refractivity contribution in [2.75, 3.05) is 13.1 Å². The van der Waals surface area contributed by atoms with E-state index in [1.165, 1.54) is 18.2 Å². The minimum atomic E-state index is -0.616. The number of likely N-dealkylation sites (tertiary alicyclic amines) is 1. The molecule has 2 aliphatic rings. The van der Waals surface area contributed by atoms with Gasteiger partial charge in [-0.15, -0.1) is 0 Å². The molecule has 5 nitrogen and oxygen atoms in total. The van der Waals surface area contributed by atoms with Gasteiger partial charge in [0.1, 0.15) is 11.9 Å². The molecule has 2 aromatic carbocycles. The molecular weight excluding hydrogens is 378 g/mol. The highest BCUT2D eigenvalue weighted by atomic mass is 19.1. The zero-order valence-electron chi connectivity index (χ0n) is 15.9. The maximum absolute atomic E-state index is 13.7. The molecule has 0 bridgehead atoms. The van der Waals surface area contributed by atoms with E-state index < -0.39 is 6.10 Å². The Hall–Kier alpha value is -2.96. The smallest absolute Gasteiger partial charge is 0.266 e. The minimum absolute atomic E-state index is 0.0906. The lowest BCUT2D eigenvalue weighted by Gasteiger charge is -2.33. The van der Waals surface area contributed by atoms with Crippen molar-refractivity contribution >= 4 is 11.6 Å². The molecular formula is C22H22F2N2O3. The molecule has 0 aliphatic carbocycles. The summed E-state index contributed by atoms with van der Waals surface area (Å²) in [6.07, 6.45) is 1.50. The second-order valence-electron chi connectivity index (χ2n) is 7.33. The first-order valence-electron chi connectivity index (χ1n) is 9.74. The third-order valence-corrected chi connectivity index (χ3v) is 5.21. The highest BCUT2D eigenvalue weighted by Crippen LogP contribution is 2.23. The predicted octanol–water partition coefficient (Wildman–Crippen LogP) is 3.72. The molecule has 4 rings (SSSR count). The number of rotatable bonds is 5. The van der Waals surface area contributed by atoms with E-state index in [1.807, 2.05) is 0 Å². The number of ether oxygens (including phenoxy) is 1. The van der Waals surface area contributed by atoms with Crippen molar-refractivity contribution in [3.05, 3.63) is 65.7 Å². The van der Waals surface area contributed by atoms with Gasteiger partial charge in [0.05, 0.1) is 5.71 Å². The van der Waals surface area contributed by atoms with Crippen LogP contribution in [-0.2, 0) is 16.1 Å². The van der Waals surface area contributed by atoms with E-state index in [0.29, 0.717) is 38.8 Å². The van der Waals surface area contributed by atoms with E-state index in [-0.39, 0.29) is 29.4 Å². The monoisotopic (exact) mass is 400 g/mol. The lowest BCUT2D eigenvalue weighted by atomic mass is 10.0. The fourth-order valence-corrected chi connectivity index (χ4v) is 3.62. The first kappa shape index (κ1) is 19.4. The van der Waals surface area contributed by atoms with Crippen LogP contribution in [0.3, 0.4) is 0 Å². The molecule has 0 saturated carbocycles. The van der Waals surface area contributed by atoms with Gasteiger partial charge in [0, 0.05) is 38.8 Å². The lowest BCUT2D eigenvalue weighted by Crippen LogP contribution is -2.46. The summed E-state index contributed by atoms with van der Waals surface area (Å²) in [7, 11) is 0. The maximum Gasteiger partial charge on any atom is 0.266 e. The molecule has 1 saturated heterocycles. The number of hydrogen-bond donors (Lipinski definition) is 0. The number of halogens is 2. The van der Waals surface area contributed by atoms with E-state index in [1.54, 1.807) is 35.2 Å². The molecule has 0 N–H and O–H groups in total. The number of hydrogen-bond acceptors (Lipinski definition) is 4. The second kappa shape index (κ2) is 8.59. The zero-order chi connectivity index (χ0) is 20.2. The summed E-state index contributed by atoms with van der Waals surface area (Å²) in [5.41, 5.74) is 1.70. The highest BCUT2D eigenvalue weighted by Gasteiger charge is 2.34. The summed E-state index contributed by atoms with van der Waals surface area (Å²) in [6.45, 7) is 1.07. The Balaban J connectivity index is 1.25. The molecule has 2 aliphatic heterocycles. The first-order valence-corrected chi connectivity index (χ1v) is 9.74. The quantitative estimate of drug-likeness (QED) is 0.769. The van der Waals surface area contributed by atoms with Crippen LogP contribution in [-0.4, -0.2) is 41.8 Å². The summed E-state index contributed by atoms with van der Waals surface area (Å²) in [5.74, 6) is -0.507. The van der Waals surface area contributed by atoms with Gasteiger partial charge in [-0.1, -0.05) is 29.4 Å². The molecule has 152 valence electrons. The van der Waals surface area contributed by atoms with Gasteiger partial charge in [-0.05, 0) is 29.8 Å². The van der Waals surface area contributed by atoms with Crippen LogP contribution in [0.1, 0.15) is 24.8 Å². The van der Waals surface area contributed by atoms with Crippen LogP contribution in [0.25, 0.3) is 0 Å². The first-order chi connectivity index (χ1) is 14.1. The Morgan fingerprint density at radius 1 is 1.10 bits per heavy atom. The molecule has 0 aromatic heterocycles. The van der Waals surface area contributed by atoms with Gasteiger partial charge in [-0.3, -0.25) is 4.79 Å². The molecule has 1 amide bonds. The maximum atomic E-state index is 13.7. The van der Waals surface area contributed by atoms with Crippen molar-refractivity contribution in [1.82, 2.24) is 4.90 Å². The van der Waals surface area contributed by atoms with Crippen LogP contribution in [0.15, 0.2) is 53.7 Å². The van der Waals surface area contributed by atoms with Crippen molar-refractivity contribution in [3.63, 3.8) is 0 Å². The van der Waals surface area contributed by atoms with Gasteiger partial charge in [0.15, 0.2) is 11.6 Å². The van der Waals surface area contributed by atoms with E-state index in [9.17, 15) is 13.6 Å². The van der Waals surface area contributed by atoms with Crippen LogP contribution in [0, 0.1) is 11.6 Å². The Bertz CT molecular complexity index is 893. The number of oxime groups is 1. The van der Waals surface area contributed by atoms with E-state index in [4.69, 9.17) is 9.57 Å². The molecule has 29 heavy (non-hydrogen) atoms. The third-order valence-electron chi connectivity index (χ3n) is 5.21. The average molecular weight is 400 g/mol. The van der Waals surface area contributed by atoms with Gasteiger partial charge in [0.2, 0.25) is 6.10 Å². The minimum Gasteiger partial charge on any atom is -0.487 e. The van der Waals surface area contributed by atoms with Gasteiger partial charge >= 0.3 is 0 Å². The van der Waals surface area contributed by atoms with Gasteiger partial charge in [-0.2, -0.15) is 0 Å². The number of nitrogens with zero attached hydrogens (tertiary/aromatic N) is 2. The number of piperidine rings is 1. The number of carbonyl (C=O) groups excluding carboxylic acids is 1. The number of carbonyl (C=O) groups is 1. The Morgan fingerprint density at radius 3 is 2.55 bits per heavy atom. The molecule has 0 radical (unpaired) electrons. The van der Waals surface area contributed by atoms with Crippen molar-refractivity contribution in [2.24, 2.45) is 5.16 Å². The second-order valence-corrected chi connectivity index (χ2v) is 7.33. The number of benzene rings is 2. The summed E-state index contributed by atoms with van der Waals surface area (Å²) < 4.78 is 32.5. The van der Waals surface area contributed by atoms with Crippen LogP contribution >= 0.6 is 0 Å². The summed E-state index contributed by atoms with van der Waals surface area (Å²) >= 11 is 0. The average Bonchev–Trinajstić information content (AvgIpc) is 3.20. The normalized spacial score (nSPS) is 19.6. The fourth-order valence-electron chi connectivity index (χ4n) is 3.62. The number of amides is 1.